The number of piperidine rings is 1. The Morgan fingerprint density at radius 3 is 2.50 bits per heavy atom. The molecule has 0 spiro atoms. The maximum atomic E-state index is 12.3. The summed E-state index contributed by atoms with van der Waals surface area (Å²) in [5.74, 6) is -0.119. The van der Waals surface area contributed by atoms with Crippen molar-refractivity contribution in [2.75, 3.05) is 33.7 Å². The Kier molecular flexibility index (Phi) is 7.82. The molecule has 1 fully saturated rings. The van der Waals surface area contributed by atoms with Gasteiger partial charge in [0.05, 0.1) is 15.2 Å². The van der Waals surface area contributed by atoms with Crippen molar-refractivity contribution in [3.05, 3.63) is 20.8 Å². The van der Waals surface area contributed by atoms with Crippen LogP contribution in [0.5, 0.6) is 0 Å². The predicted octanol–water partition coefficient (Wildman–Crippen LogP) is 2.21. The highest BCUT2D eigenvalue weighted by Crippen LogP contribution is 2.23. The topological polar surface area (TPSA) is 52.7 Å². The van der Waals surface area contributed by atoms with Gasteiger partial charge in [0, 0.05) is 20.1 Å². The minimum Gasteiger partial charge on any atom is -0.341 e. The number of rotatable bonds is 4. The van der Waals surface area contributed by atoms with Gasteiger partial charge in [-0.25, -0.2) is 0 Å². The van der Waals surface area contributed by atoms with Gasteiger partial charge < -0.3 is 15.1 Å². The highest BCUT2D eigenvalue weighted by Gasteiger charge is 2.24. The first kappa shape index (κ1) is 19.4. The molecule has 5 nitrogen and oxygen atoms in total. The average molecular weight is 411 g/mol. The van der Waals surface area contributed by atoms with Crippen LogP contribution in [0.15, 0.2) is 15.9 Å². The van der Waals surface area contributed by atoms with Crippen molar-refractivity contribution >= 4 is 51.5 Å². The maximum absolute atomic E-state index is 12.3. The smallest absolute Gasteiger partial charge is 0.264 e. The van der Waals surface area contributed by atoms with Gasteiger partial charge in [-0.2, -0.15) is 0 Å². The van der Waals surface area contributed by atoms with Crippen molar-refractivity contribution in [2.24, 2.45) is 0 Å². The number of hydrogen-bond acceptors (Lipinski definition) is 4. The number of nitrogens with zero attached hydrogens (tertiary/aromatic N) is 2. The number of carbonyl (C=O) groups excluding carboxylic acids is 2. The van der Waals surface area contributed by atoms with Gasteiger partial charge in [0.2, 0.25) is 5.91 Å². The average Bonchev–Trinajstić information content (AvgIpc) is 2.93. The first-order valence-electron chi connectivity index (χ1n) is 6.96. The standard InChI is InChI=1S/C14H20BrN3O2S.ClH/c1-17(14(20)11-3-4-12(15)21-11)9-13(19)18(2)10-5-7-16-8-6-10;/h3-4,10,16H,5-9H2,1-2H3;1H. The lowest BCUT2D eigenvalue weighted by Crippen LogP contribution is -2.47. The van der Waals surface area contributed by atoms with Gasteiger partial charge in [0.1, 0.15) is 0 Å². The van der Waals surface area contributed by atoms with Gasteiger partial charge in [-0.1, -0.05) is 0 Å². The van der Waals surface area contributed by atoms with E-state index in [9.17, 15) is 9.59 Å². The minimum atomic E-state index is -0.113. The molecule has 0 radical (unpaired) electrons. The Balaban J connectivity index is 0.00000242. The number of amides is 2. The summed E-state index contributed by atoms with van der Waals surface area (Å²) in [6.45, 7) is 2.01. The van der Waals surface area contributed by atoms with Crippen LogP contribution in [0.1, 0.15) is 22.5 Å². The fourth-order valence-electron chi connectivity index (χ4n) is 2.40. The third-order valence-electron chi connectivity index (χ3n) is 3.75. The number of likely N-dealkylation sites (N-methyl/N-ethyl adjacent to an activating group) is 2. The van der Waals surface area contributed by atoms with E-state index in [1.165, 1.54) is 16.2 Å². The third kappa shape index (κ3) is 4.94. The summed E-state index contributed by atoms with van der Waals surface area (Å²) in [6.07, 6.45) is 1.94. The van der Waals surface area contributed by atoms with Crippen molar-refractivity contribution < 1.29 is 9.59 Å². The van der Waals surface area contributed by atoms with E-state index in [-0.39, 0.29) is 36.8 Å². The van der Waals surface area contributed by atoms with E-state index in [0.717, 1.165) is 29.7 Å². The zero-order chi connectivity index (χ0) is 15.4. The van der Waals surface area contributed by atoms with Crippen molar-refractivity contribution in [2.45, 2.75) is 18.9 Å². The second-order valence-electron chi connectivity index (χ2n) is 5.25. The summed E-state index contributed by atoms with van der Waals surface area (Å²) < 4.78 is 0.914. The van der Waals surface area contributed by atoms with E-state index in [4.69, 9.17) is 0 Å². The molecule has 0 atom stereocenters. The van der Waals surface area contributed by atoms with Crippen LogP contribution in [-0.2, 0) is 4.79 Å². The number of nitrogens with one attached hydrogen (secondary N) is 1. The summed E-state index contributed by atoms with van der Waals surface area (Å²) in [5, 5.41) is 3.29. The zero-order valence-electron chi connectivity index (χ0n) is 12.7. The molecule has 2 heterocycles. The van der Waals surface area contributed by atoms with Crippen LogP contribution in [-0.4, -0.2) is 61.4 Å². The normalized spacial score (nSPS) is 15.0. The van der Waals surface area contributed by atoms with Crippen LogP contribution in [0.25, 0.3) is 0 Å². The SMILES string of the molecule is CN(CC(=O)N(C)C1CCNCC1)C(=O)c1ccc(Br)s1.Cl. The highest BCUT2D eigenvalue weighted by molar-refractivity contribution is 9.11. The van der Waals surface area contributed by atoms with Crippen LogP contribution in [0, 0.1) is 0 Å². The Bertz CT molecular complexity index is 520. The second kappa shape index (κ2) is 8.86. The molecule has 0 saturated carbocycles. The van der Waals surface area contributed by atoms with Crippen LogP contribution in [0.4, 0.5) is 0 Å². The Morgan fingerprint density at radius 1 is 1.32 bits per heavy atom. The van der Waals surface area contributed by atoms with Crippen molar-refractivity contribution in [3.63, 3.8) is 0 Å². The van der Waals surface area contributed by atoms with Gasteiger partial charge in [-0.15, -0.1) is 23.7 Å². The first-order valence-corrected chi connectivity index (χ1v) is 8.57. The third-order valence-corrected chi connectivity index (χ3v) is 5.36. The van der Waals surface area contributed by atoms with Crippen molar-refractivity contribution in [1.29, 1.82) is 0 Å². The van der Waals surface area contributed by atoms with Crippen LogP contribution in [0.3, 0.4) is 0 Å². The lowest BCUT2D eigenvalue weighted by Gasteiger charge is -2.32. The fourth-order valence-corrected chi connectivity index (χ4v) is 3.78. The molecule has 22 heavy (non-hydrogen) atoms. The van der Waals surface area contributed by atoms with Crippen molar-refractivity contribution in [1.82, 2.24) is 15.1 Å². The zero-order valence-corrected chi connectivity index (χ0v) is 15.9. The van der Waals surface area contributed by atoms with Gasteiger partial charge >= 0.3 is 0 Å². The molecule has 0 aromatic carbocycles. The largest absolute Gasteiger partial charge is 0.341 e. The number of thiophene rings is 1. The van der Waals surface area contributed by atoms with Gasteiger partial charge in [0.25, 0.3) is 5.91 Å². The molecule has 1 aliphatic heterocycles. The molecule has 0 aliphatic carbocycles. The number of halogens is 2. The monoisotopic (exact) mass is 409 g/mol. The first-order chi connectivity index (χ1) is 9.99. The van der Waals surface area contributed by atoms with Crippen LogP contribution < -0.4 is 5.32 Å². The van der Waals surface area contributed by atoms with E-state index >= 15 is 0 Å². The molecule has 2 amide bonds. The second-order valence-corrected chi connectivity index (χ2v) is 7.71. The molecule has 1 saturated heterocycles. The summed E-state index contributed by atoms with van der Waals surface area (Å²) >= 11 is 4.72. The van der Waals surface area contributed by atoms with E-state index < -0.39 is 0 Å². The summed E-state index contributed by atoms with van der Waals surface area (Å²) in [7, 11) is 3.50. The molecular formula is C14H21BrClN3O2S. The van der Waals surface area contributed by atoms with E-state index in [0.29, 0.717) is 4.88 Å². The lowest BCUT2D eigenvalue weighted by atomic mass is 10.1. The molecule has 8 heteroatoms. The summed E-state index contributed by atoms with van der Waals surface area (Å²) in [6, 6.07) is 3.89. The molecular weight excluding hydrogens is 390 g/mol. The van der Waals surface area contributed by atoms with E-state index in [2.05, 4.69) is 21.2 Å². The van der Waals surface area contributed by atoms with Gasteiger partial charge in [-0.05, 0) is 54.0 Å². The Morgan fingerprint density at radius 2 is 1.95 bits per heavy atom. The summed E-state index contributed by atoms with van der Waals surface area (Å²) in [4.78, 5) is 28.4. The number of carbonyl (C=O) groups is 2. The van der Waals surface area contributed by atoms with Gasteiger partial charge in [-0.3, -0.25) is 9.59 Å². The van der Waals surface area contributed by atoms with Crippen LogP contribution in [0.2, 0.25) is 0 Å². The summed E-state index contributed by atoms with van der Waals surface area (Å²) in [5.41, 5.74) is 0. The van der Waals surface area contributed by atoms with Crippen LogP contribution >= 0.6 is 39.7 Å². The molecule has 0 bridgehead atoms. The predicted molar refractivity (Wildman–Crippen MR) is 94.9 cm³/mol. The molecule has 1 aromatic rings. The minimum absolute atomic E-state index is 0. The molecule has 124 valence electrons. The molecule has 1 N–H and O–H groups in total. The van der Waals surface area contributed by atoms with E-state index in [1.807, 2.05) is 13.1 Å². The lowest BCUT2D eigenvalue weighted by molar-refractivity contribution is -0.132. The molecule has 1 aliphatic rings. The number of hydrogen-bond donors (Lipinski definition) is 1. The Hall–Kier alpha value is -0.630. The maximum Gasteiger partial charge on any atom is 0.264 e. The quantitative estimate of drug-likeness (QED) is 0.828. The van der Waals surface area contributed by atoms with E-state index in [1.54, 1.807) is 18.0 Å². The Labute approximate surface area is 149 Å². The highest BCUT2D eigenvalue weighted by atomic mass is 79.9. The molecule has 0 unspecified atom stereocenters. The fraction of sp³-hybridized carbons (Fsp3) is 0.571. The van der Waals surface area contributed by atoms with Crippen molar-refractivity contribution in [3.8, 4) is 0 Å². The molecule has 2 rings (SSSR count). The molecule has 1 aromatic heterocycles. The van der Waals surface area contributed by atoms with Gasteiger partial charge in [0.15, 0.2) is 0 Å².